The van der Waals surface area contributed by atoms with Crippen molar-refractivity contribution in [3.8, 4) is 17.6 Å². The summed E-state index contributed by atoms with van der Waals surface area (Å²) < 4.78 is 44.9. The van der Waals surface area contributed by atoms with E-state index in [9.17, 15) is 23.4 Å². The summed E-state index contributed by atoms with van der Waals surface area (Å²) >= 11 is 0. The minimum atomic E-state index is -4.44. The number of rotatable bonds is 7. The van der Waals surface area contributed by atoms with Gasteiger partial charge in [0, 0.05) is 30.3 Å². The summed E-state index contributed by atoms with van der Waals surface area (Å²) in [4.78, 5) is 6.44. The molecule has 2 N–H and O–H groups in total. The maximum Gasteiger partial charge on any atom is 0.417 e. The van der Waals surface area contributed by atoms with E-state index in [4.69, 9.17) is 4.74 Å². The lowest BCUT2D eigenvalue weighted by molar-refractivity contribution is -0.137. The number of aliphatic hydroxyl groups is 2. The smallest absolute Gasteiger partial charge is 0.417 e. The van der Waals surface area contributed by atoms with Gasteiger partial charge in [-0.15, -0.1) is 0 Å². The van der Waals surface area contributed by atoms with E-state index in [0.717, 1.165) is 41.9 Å². The zero-order valence-corrected chi connectivity index (χ0v) is 20.7. The third-order valence-corrected chi connectivity index (χ3v) is 7.12. The number of piperidine rings is 1. The fourth-order valence-corrected chi connectivity index (χ4v) is 5.06. The third kappa shape index (κ3) is 6.61. The van der Waals surface area contributed by atoms with E-state index >= 15 is 0 Å². The standard InChI is InChI=1S/C29H31F3N2O3/c1-37-23-9-10-27-25(17-23)24(12-14-33-27)28(36)11-8-20-13-16-34(18-22(20)19-35)15-4-6-21-5-2-3-7-26(21)29(30,31)32/h2-3,5,7,9-10,12,14,17,20,22,28,35-36H,8,11,13,15-16,18-19H2,1H3/t20-,22-,28-/m1/s1. The zero-order valence-electron chi connectivity index (χ0n) is 20.7. The Hall–Kier alpha value is -3.12. The molecule has 1 fully saturated rings. The van der Waals surface area contributed by atoms with Gasteiger partial charge < -0.3 is 14.9 Å². The molecule has 2 heterocycles. The molecular weight excluding hydrogens is 481 g/mol. The van der Waals surface area contributed by atoms with E-state index in [-0.39, 0.29) is 24.0 Å². The molecule has 0 spiro atoms. The molecule has 4 rings (SSSR count). The molecule has 1 saturated heterocycles. The van der Waals surface area contributed by atoms with Crippen LogP contribution in [0.3, 0.4) is 0 Å². The predicted octanol–water partition coefficient (Wildman–Crippen LogP) is 5.06. The van der Waals surface area contributed by atoms with Crippen molar-refractivity contribution in [1.82, 2.24) is 9.88 Å². The first kappa shape index (κ1) is 26.9. The van der Waals surface area contributed by atoms with Crippen molar-refractivity contribution in [2.45, 2.75) is 31.5 Å². The minimum Gasteiger partial charge on any atom is -0.497 e. The van der Waals surface area contributed by atoms with Crippen molar-refractivity contribution in [2.24, 2.45) is 11.8 Å². The van der Waals surface area contributed by atoms with Gasteiger partial charge in [-0.3, -0.25) is 9.88 Å². The van der Waals surface area contributed by atoms with E-state index in [0.29, 0.717) is 25.3 Å². The molecule has 8 heteroatoms. The van der Waals surface area contributed by atoms with Gasteiger partial charge in [0.15, 0.2) is 0 Å². The lowest BCUT2D eigenvalue weighted by Gasteiger charge is -2.37. The molecule has 5 nitrogen and oxygen atoms in total. The Morgan fingerprint density at radius 2 is 1.97 bits per heavy atom. The fourth-order valence-electron chi connectivity index (χ4n) is 5.06. The second-order valence-electron chi connectivity index (χ2n) is 9.45. The summed E-state index contributed by atoms with van der Waals surface area (Å²) in [5.74, 6) is 6.50. The summed E-state index contributed by atoms with van der Waals surface area (Å²) in [5, 5.41) is 21.9. The van der Waals surface area contributed by atoms with Crippen LogP contribution in [-0.4, -0.2) is 53.4 Å². The first-order valence-corrected chi connectivity index (χ1v) is 12.4. The van der Waals surface area contributed by atoms with Crippen molar-refractivity contribution in [2.75, 3.05) is 33.4 Å². The lowest BCUT2D eigenvalue weighted by atomic mass is 9.81. The van der Waals surface area contributed by atoms with Crippen LogP contribution in [0.2, 0.25) is 0 Å². The number of nitrogens with zero attached hydrogens (tertiary/aromatic N) is 2. The molecule has 3 aromatic rings. The van der Waals surface area contributed by atoms with Gasteiger partial charge in [0.05, 0.1) is 30.8 Å². The minimum absolute atomic E-state index is 0.0109. The number of fused-ring (bicyclic) bond motifs is 1. The van der Waals surface area contributed by atoms with Gasteiger partial charge in [0.25, 0.3) is 0 Å². The normalized spacial score (nSPS) is 19.3. The van der Waals surface area contributed by atoms with E-state index in [1.807, 2.05) is 24.3 Å². The third-order valence-electron chi connectivity index (χ3n) is 7.12. The monoisotopic (exact) mass is 512 g/mol. The molecule has 0 radical (unpaired) electrons. The highest BCUT2D eigenvalue weighted by atomic mass is 19.4. The van der Waals surface area contributed by atoms with E-state index in [1.54, 1.807) is 19.4 Å². The van der Waals surface area contributed by atoms with Crippen molar-refractivity contribution in [1.29, 1.82) is 0 Å². The second-order valence-corrected chi connectivity index (χ2v) is 9.45. The Labute approximate surface area is 214 Å². The maximum absolute atomic E-state index is 13.2. The van der Waals surface area contributed by atoms with Crippen molar-refractivity contribution >= 4 is 10.9 Å². The van der Waals surface area contributed by atoms with Crippen LogP contribution in [0.4, 0.5) is 13.2 Å². The highest BCUT2D eigenvalue weighted by molar-refractivity contribution is 5.83. The van der Waals surface area contributed by atoms with Crippen LogP contribution in [0.15, 0.2) is 54.7 Å². The molecule has 37 heavy (non-hydrogen) atoms. The lowest BCUT2D eigenvalue weighted by Crippen LogP contribution is -2.42. The van der Waals surface area contributed by atoms with Gasteiger partial charge >= 0.3 is 6.18 Å². The average Bonchev–Trinajstić information content (AvgIpc) is 2.91. The van der Waals surface area contributed by atoms with Gasteiger partial charge in [-0.05, 0) is 79.6 Å². The Bertz CT molecular complexity index is 1270. The number of ether oxygens (including phenoxy) is 1. The number of likely N-dealkylation sites (tertiary alicyclic amines) is 1. The van der Waals surface area contributed by atoms with Crippen LogP contribution in [0.1, 0.15) is 42.1 Å². The number of pyridine rings is 1. The van der Waals surface area contributed by atoms with Crippen LogP contribution in [0.25, 0.3) is 10.9 Å². The summed E-state index contributed by atoms with van der Waals surface area (Å²) in [5.41, 5.74) is 0.835. The zero-order chi connectivity index (χ0) is 26.4. The average molecular weight is 513 g/mol. The summed E-state index contributed by atoms with van der Waals surface area (Å²) in [6, 6.07) is 12.7. The summed E-state index contributed by atoms with van der Waals surface area (Å²) in [7, 11) is 1.60. The molecular formula is C29H31F3N2O3. The Kier molecular flexibility index (Phi) is 8.70. The quantitative estimate of drug-likeness (QED) is 0.434. The van der Waals surface area contributed by atoms with Crippen molar-refractivity contribution in [3.63, 3.8) is 0 Å². The van der Waals surface area contributed by atoms with Crippen LogP contribution in [0.5, 0.6) is 5.75 Å². The molecule has 196 valence electrons. The number of halogens is 3. The Morgan fingerprint density at radius 3 is 2.73 bits per heavy atom. The fraction of sp³-hybridized carbons (Fsp3) is 0.414. The van der Waals surface area contributed by atoms with Crippen LogP contribution < -0.4 is 4.74 Å². The maximum atomic E-state index is 13.2. The van der Waals surface area contributed by atoms with Crippen molar-refractivity contribution in [3.05, 3.63) is 71.4 Å². The predicted molar refractivity (Wildman–Crippen MR) is 136 cm³/mol. The van der Waals surface area contributed by atoms with Crippen LogP contribution >= 0.6 is 0 Å². The molecule has 2 aromatic carbocycles. The van der Waals surface area contributed by atoms with Gasteiger partial charge in [-0.1, -0.05) is 24.0 Å². The van der Waals surface area contributed by atoms with Crippen LogP contribution in [0, 0.1) is 23.7 Å². The van der Waals surface area contributed by atoms with Gasteiger partial charge in [-0.25, -0.2) is 0 Å². The first-order chi connectivity index (χ1) is 17.8. The van der Waals surface area contributed by atoms with Gasteiger partial charge in [0.1, 0.15) is 5.75 Å². The topological polar surface area (TPSA) is 65.8 Å². The molecule has 0 saturated carbocycles. The molecule has 1 aliphatic heterocycles. The number of benzene rings is 2. The molecule has 0 aliphatic carbocycles. The number of aromatic nitrogens is 1. The number of methoxy groups -OCH3 is 1. The first-order valence-electron chi connectivity index (χ1n) is 12.4. The highest BCUT2D eigenvalue weighted by Crippen LogP contribution is 2.34. The van der Waals surface area contributed by atoms with Crippen LogP contribution in [-0.2, 0) is 6.18 Å². The highest BCUT2D eigenvalue weighted by Gasteiger charge is 2.33. The summed E-state index contributed by atoms with van der Waals surface area (Å²) in [6.07, 6.45) is -1.30. The Balaban J connectivity index is 1.35. The van der Waals surface area contributed by atoms with E-state index < -0.39 is 17.8 Å². The second kappa shape index (κ2) is 12.0. The molecule has 1 aromatic heterocycles. The van der Waals surface area contributed by atoms with Gasteiger partial charge in [0.2, 0.25) is 0 Å². The summed E-state index contributed by atoms with van der Waals surface area (Å²) in [6.45, 7) is 1.70. The molecule has 0 bridgehead atoms. The molecule has 0 amide bonds. The van der Waals surface area contributed by atoms with E-state index in [1.165, 1.54) is 12.1 Å². The molecule has 1 aliphatic rings. The van der Waals surface area contributed by atoms with E-state index in [2.05, 4.69) is 21.7 Å². The SMILES string of the molecule is COc1ccc2nccc([C@H](O)CC[C@@H]3CCN(CC#Cc4ccccc4C(F)(F)F)C[C@@H]3CO)c2c1. The molecule has 0 unspecified atom stereocenters. The Morgan fingerprint density at radius 1 is 1.16 bits per heavy atom. The number of aliphatic hydroxyl groups excluding tert-OH is 2. The number of hydrogen-bond donors (Lipinski definition) is 2. The van der Waals surface area contributed by atoms with Gasteiger partial charge in [-0.2, -0.15) is 13.2 Å². The largest absolute Gasteiger partial charge is 0.497 e. The number of alkyl halides is 3. The number of hydrogen-bond acceptors (Lipinski definition) is 5. The molecule has 3 atom stereocenters. The van der Waals surface area contributed by atoms with Crippen molar-refractivity contribution < 1.29 is 28.1 Å².